The van der Waals surface area contributed by atoms with Crippen LogP contribution in [0.1, 0.15) is 6.92 Å². The Morgan fingerprint density at radius 2 is 1.46 bits per heavy atom. The van der Waals surface area contributed by atoms with Crippen molar-refractivity contribution in [2.75, 3.05) is 18.6 Å². The zero-order chi connectivity index (χ0) is 20.3. The number of anilines is 2. The van der Waals surface area contributed by atoms with E-state index in [4.69, 9.17) is 28.4 Å². The third-order valence-corrected chi connectivity index (χ3v) is 5.63. The van der Waals surface area contributed by atoms with Crippen molar-refractivity contribution >= 4 is 55.9 Å². The molecule has 28 heavy (non-hydrogen) atoms. The molecule has 0 aliphatic heterocycles. The fourth-order valence-electron chi connectivity index (χ4n) is 3.71. The number of nitrogens with two attached hydrogens (primary N) is 2. The summed E-state index contributed by atoms with van der Waals surface area (Å²) in [6.07, 6.45) is -0.277. The van der Waals surface area contributed by atoms with Gasteiger partial charge in [-0.25, -0.2) is 0 Å². The van der Waals surface area contributed by atoms with Gasteiger partial charge in [0.2, 0.25) is 0 Å². The van der Waals surface area contributed by atoms with Gasteiger partial charge in [-0.3, -0.25) is 19.0 Å². The van der Waals surface area contributed by atoms with E-state index in [0.717, 1.165) is 0 Å². The zero-order valence-corrected chi connectivity index (χ0v) is 16.1. The van der Waals surface area contributed by atoms with Crippen molar-refractivity contribution in [3.8, 4) is 0 Å². The first-order chi connectivity index (χ1) is 13.3. The Kier molecular flexibility index (Phi) is 4.06. The van der Waals surface area contributed by atoms with Crippen molar-refractivity contribution < 1.29 is 4.74 Å². The predicted octanol–water partition coefficient (Wildman–Crippen LogP) is 1.83. The van der Waals surface area contributed by atoms with Crippen LogP contribution in [0.3, 0.4) is 0 Å². The molecule has 4 rings (SSSR count). The Morgan fingerprint density at radius 3 is 1.96 bits per heavy atom. The van der Waals surface area contributed by atoms with Crippen molar-refractivity contribution in [3.05, 3.63) is 59.7 Å². The molecule has 0 saturated heterocycles. The van der Waals surface area contributed by atoms with E-state index in [-0.39, 0.29) is 61.0 Å². The molecule has 0 saturated carbocycles. The highest BCUT2D eigenvalue weighted by molar-refractivity contribution is 7.71. The van der Waals surface area contributed by atoms with Crippen molar-refractivity contribution in [1.29, 1.82) is 0 Å². The minimum absolute atomic E-state index is 0.0109. The number of ether oxygens (including phenoxy) is 1. The van der Waals surface area contributed by atoms with Gasteiger partial charge in [-0.15, -0.1) is 0 Å². The van der Waals surface area contributed by atoms with Crippen LogP contribution in [0, 0.1) is 4.64 Å². The van der Waals surface area contributed by atoms with Gasteiger partial charge in [0, 0.05) is 23.3 Å². The fraction of sp³-hybridized carbons (Fsp3) is 0.200. The summed E-state index contributed by atoms with van der Waals surface area (Å²) in [4.78, 5) is 39.1. The van der Waals surface area contributed by atoms with Gasteiger partial charge in [-0.1, -0.05) is 36.5 Å². The third-order valence-electron chi connectivity index (χ3n) is 5.21. The second kappa shape index (κ2) is 6.22. The number of methoxy groups -OCH3 is 1. The van der Waals surface area contributed by atoms with Gasteiger partial charge in [0.15, 0.2) is 10.9 Å². The van der Waals surface area contributed by atoms with Crippen LogP contribution >= 0.6 is 12.2 Å². The summed E-state index contributed by atoms with van der Waals surface area (Å²) in [6.45, 7) is 1.99. The van der Waals surface area contributed by atoms with Gasteiger partial charge in [0.25, 0.3) is 5.56 Å². The molecule has 4 N–H and O–H groups in total. The van der Waals surface area contributed by atoms with E-state index in [2.05, 4.69) is 0 Å². The summed E-state index contributed by atoms with van der Waals surface area (Å²) in [5.74, 6) is 0. The molecule has 0 aliphatic rings. The maximum atomic E-state index is 13.1. The van der Waals surface area contributed by atoms with E-state index in [0.29, 0.717) is 0 Å². The van der Waals surface area contributed by atoms with Crippen LogP contribution < -0.4 is 27.9 Å². The molecule has 4 aromatic rings. The minimum Gasteiger partial charge on any atom is -0.398 e. The average molecular weight is 395 g/mol. The molecule has 0 radical (unpaired) electrons. The maximum absolute atomic E-state index is 13.1. The number of hydrogen-bond acceptors (Lipinski definition) is 7. The number of nitrogen functional groups attached to an aromatic ring is 2. The molecule has 142 valence electrons. The number of nitrogens with zero attached hydrogens (tertiary/aromatic N) is 1. The standard InChI is InChI=1S/C20H17N3O4S/c1-8(27-2)7-23-19(26)13-14(20(23)28)16(22)12-11(15(13)21)17(24)9-5-3-4-6-10(9)18(12)25/h3-6,8H,7,21-22H2,1-2H3. The molecule has 0 bridgehead atoms. The van der Waals surface area contributed by atoms with E-state index in [1.165, 1.54) is 11.7 Å². The van der Waals surface area contributed by atoms with Gasteiger partial charge >= 0.3 is 0 Å². The molecular formula is C20H17N3O4S. The normalized spacial score (nSPS) is 12.9. The Hall–Kier alpha value is -3.10. The minimum atomic E-state index is -0.449. The van der Waals surface area contributed by atoms with Crippen molar-refractivity contribution in [2.45, 2.75) is 19.6 Å². The van der Waals surface area contributed by atoms with Crippen LogP contribution in [0.15, 0.2) is 38.6 Å². The molecule has 7 nitrogen and oxygen atoms in total. The maximum Gasteiger partial charge on any atom is 0.261 e. The molecule has 0 fully saturated rings. The van der Waals surface area contributed by atoms with Crippen molar-refractivity contribution in [3.63, 3.8) is 0 Å². The van der Waals surface area contributed by atoms with E-state index in [9.17, 15) is 14.4 Å². The van der Waals surface area contributed by atoms with Gasteiger partial charge < -0.3 is 16.2 Å². The molecule has 1 aromatic heterocycles. The molecular weight excluding hydrogens is 378 g/mol. The fourth-order valence-corrected chi connectivity index (χ4v) is 4.08. The molecule has 1 unspecified atom stereocenters. The van der Waals surface area contributed by atoms with Crippen LogP contribution in [-0.4, -0.2) is 17.8 Å². The lowest BCUT2D eigenvalue weighted by Crippen LogP contribution is -2.23. The predicted molar refractivity (Wildman–Crippen MR) is 114 cm³/mol. The highest BCUT2D eigenvalue weighted by Gasteiger charge is 2.24. The number of benzene rings is 3. The lowest BCUT2D eigenvalue weighted by molar-refractivity contribution is 0.102. The number of aromatic nitrogens is 1. The topological polar surface area (TPSA) is 117 Å². The summed E-state index contributed by atoms with van der Waals surface area (Å²) in [5.41, 5.74) is 11.2. The van der Waals surface area contributed by atoms with Crippen LogP contribution in [0.2, 0.25) is 0 Å². The van der Waals surface area contributed by atoms with E-state index < -0.39 is 16.4 Å². The second-order valence-corrected chi connectivity index (χ2v) is 7.19. The van der Waals surface area contributed by atoms with Gasteiger partial charge in [-0.05, 0) is 6.92 Å². The Labute approximate surface area is 163 Å². The van der Waals surface area contributed by atoms with Gasteiger partial charge in [0.1, 0.15) is 4.64 Å². The molecule has 3 aromatic carbocycles. The van der Waals surface area contributed by atoms with Crippen LogP contribution in [0.25, 0.3) is 32.3 Å². The van der Waals surface area contributed by atoms with E-state index >= 15 is 0 Å². The molecule has 1 atom stereocenters. The quantitative estimate of drug-likeness (QED) is 0.235. The molecule has 0 amide bonds. The Morgan fingerprint density at radius 1 is 0.964 bits per heavy atom. The Balaban J connectivity index is 2.32. The average Bonchev–Trinajstić information content (AvgIpc) is 2.94. The monoisotopic (exact) mass is 395 g/mol. The van der Waals surface area contributed by atoms with E-state index in [1.54, 1.807) is 31.2 Å². The third kappa shape index (κ3) is 2.25. The first-order valence-electron chi connectivity index (χ1n) is 8.61. The SMILES string of the molecule is COC(C)Cn1c(=O)c2c(N)c3c(=O)c4ccccc4c(=O)c3c(N)c2c1=S. The Bertz CT molecular complexity index is 1390. The summed E-state index contributed by atoms with van der Waals surface area (Å²) in [6, 6.07) is 6.46. The van der Waals surface area contributed by atoms with Crippen molar-refractivity contribution in [1.82, 2.24) is 4.57 Å². The molecule has 1 heterocycles. The highest BCUT2D eigenvalue weighted by atomic mass is 32.1. The lowest BCUT2D eigenvalue weighted by atomic mass is 9.97. The summed E-state index contributed by atoms with van der Waals surface area (Å²) < 4.78 is 6.74. The first kappa shape index (κ1) is 18.3. The number of fused-ring (bicyclic) bond motifs is 3. The zero-order valence-electron chi connectivity index (χ0n) is 15.2. The summed E-state index contributed by atoms with van der Waals surface area (Å²) in [5, 5.41) is 0.787. The summed E-state index contributed by atoms with van der Waals surface area (Å²) >= 11 is 5.45. The van der Waals surface area contributed by atoms with Crippen LogP contribution in [0.4, 0.5) is 11.4 Å². The number of hydrogen-bond donors (Lipinski definition) is 2. The number of rotatable bonds is 3. The highest BCUT2D eigenvalue weighted by Crippen LogP contribution is 2.34. The molecule has 8 heteroatoms. The van der Waals surface area contributed by atoms with Crippen LogP contribution in [-0.2, 0) is 11.3 Å². The van der Waals surface area contributed by atoms with Gasteiger partial charge in [-0.2, -0.15) is 0 Å². The van der Waals surface area contributed by atoms with Crippen molar-refractivity contribution in [2.24, 2.45) is 0 Å². The van der Waals surface area contributed by atoms with Crippen LogP contribution in [0.5, 0.6) is 0 Å². The second-order valence-electron chi connectivity index (χ2n) is 6.80. The first-order valence-corrected chi connectivity index (χ1v) is 9.02. The summed E-state index contributed by atoms with van der Waals surface area (Å²) in [7, 11) is 1.53. The van der Waals surface area contributed by atoms with E-state index in [1.807, 2.05) is 0 Å². The largest absolute Gasteiger partial charge is 0.398 e. The smallest absolute Gasteiger partial charge is 0.261 e. The molecule has 0 spiro atoms. The lowest BCUT2D eigenvalue weighted by Gasteiger charge is -2.09. The van der Waals surface area contributed by atoms with Gasteiger partial charge in [0.05, 0.1) is 40.2 Å². The molecule has 0 aliphatic carbocycles.